The normalized spacial score (nSPS) is 13.0. The number of aromatic nitrogens is 1. The van der Waals surface area contributed by atoms with Crippen LogP contribution in [0.5, 0.6) is 0 Å². The molecule has 0 saturated carbocycles. The molecule has 0 aliphatic heterocycles. The minimum atomic E-state index is -3.73. The average Bonchev–Trinajstić information content (AvgIpc) is 3.18. The van der Waals surface area contributed by atoms with Gasteiger partial charge in [-0.3, -0.25) is 4.57 Å². The van der Waals surface area contributed by atoms with Gasteiger partial charge < -0.3 is 9.26 Å². The Morgan fingerprint density at radius 2 is 1.83 bits per heavy atom. The van der Waals surface area contributed by atoms with Crippen LogP contribution in [0.2, 0.25) is 0 Å². The Balaban J connectivity index is 2.15. The van der Waals surface area contributed by atoms with E-state index < -0.39 is 13.5 Å². The first-order valence-electron chi connectivity index (χ1n) is 8.75. The van der Waals surface area contributed by atoms with Crippen molar-refractivity contribution in [1.82, 2.24) is 4.98 Å². The van der Waals surface area contributed by atoms with Crippen LogP contribution < -0.4 is 15.9 Å². The van der Waals surface area contributed by atoms with Crippen molar-refractivity contribution in [1.29, 1.82) is 0 Å². The average molecular weight is 431 g/mol. The number of thiazole rings is 1. The lowest BCUT2D eigenvalue weighted by Gasteiger charge is -2.27. The molecule has 0 spiro atoms. The van der Waals surface area contributed by atoms with Crippen LogP contribution >= 0.6 is 18.9 Å². The Labute approximate surface area is 173 Å². The fourth-order valence-electron chi connectivity index (χ4n) is 2.95. The number of nitrogens with zero attached hydrogens (tertiary/aromatic N) is 2. The lowest BCUT2D eigenvalue weighted by molar-refractivity contribution is 0.0607. The number of carbonyl (C=O) groups is 1. The molecule has 1 atom stereocenters. The van der Waals surface area contributed by atoms with Crippen LogP contribution in [0.3, 0.4) is 0 Å². The van der Waals surface area contributed by atoms with Gasteiger partial charge in [-0.25, -0.2) is 20.4 Å². The summed E-state index contributed by atoms with van der Waals surface area (Å²) >= 11 is 1.12. The van der Waals surface area contributed by atoms with Crippen LogP contribution in [0.15, 0.2) is 48.5 Å². The number of hydrogen-bond acceptors (Lipinski definition) is 7. The Morgan fingerprint density at radius 3 is 2.41 bits per heavy atom. The number of nitrogens with two attached hydrogens (primary N) is 1. The minimum Gasteiger partial charge on any atom is -0.465 e. The van der Waals surface area contributed by atoms with Gasteiger partial charge in [-0.15, -0.1) is 11.3 Å². The third-order valence-electron chi connectivity index (χ3n) is 4.41. The number of benzene rings is 2. The van der Waals surface area contributed by atoms with Gasteiger partial charge in [-0.2, -0.15) is 0 Å². The lowest BCUT2D eigenvalue weighted by atomic mass is 10.2. The van der Waals surface area contributed by atoms with Crippen LogP contribution in [-0.2, 0) is 13.8 Å². The van der Waals surface area contributed by atoms with Gasteiger partial charge in [0.15, 0.2) is 10.7 Å². The Bertz CT molecular complexity index is 1080. The summed E-state index contributed by atoms with van der Waals surface area (Å²) in [6.07, 6.45) is 0. The fraction of sp³-hybridized carbons (Fsp3) is 0.200. The van der Waals surface area contributed by atoms with Crippen molar-refractivity contribution in [2.45, 2.75) is 13.8 Å². The molecule has 152 valence electrons. The molecule has 9 heteroatoms. The quantitative estimate of drug-likeness (QED) is 0.272. The maximum absolute atomic E-state index is 13.8. The van der Waals surface area contributed by atoms with Crippen LogP contribution in [0, 0.1) is 13.8 Å². The molecule has 1 aromatic heterocycles. The molecule has 3 rings (SSSR count). The number of hydrogen-bond donors (Lipinski definition) is 1. The molecule has 29 heavy (non-hydrogen) atoms. The van der Waals surface area contributed by atoms with E-state index in [-0.39, 0.29) is 10.7 Å². The van der Waals surface area contributed by atoms with Gasteiger partial charge in [0.05, 0.1) is 12.4 Å². The highest BCUT2D eigenvalue weighted by Crippen LogP contribution is 2.51. The van der Waals surface area contributed by atoms with E-state index in [0.717, 1.165) is 32.8 Å². The summed E-state index contributed by atoms with van der Waals surface area (Å²) < 4.78 is 25.1. The number of rotatable bonds is 6. The summed E-state index contributed by atoms with van der Waals surface area (Å²) in [7, 11) is -1.14. The Morgan fingerprint density at radius 1 is 1.14 bits per heavy atom. The molecule has 1 heterocycles. The molecule has 7 nitrogen and oxygen atoms in total. The molecule has 0 radical (unpaired) electrons. The van der Waals surface area contributed by atoms with Gasteiger partial charge in [-0.05, 0) is 25.5 Å². The third kappa shape index (κ3) is 3.97. The summed E-state index contributed by atoms with van der Waals surface area (Å²) in [6, 6.07) is 14.8. The summed E-state index contributed by atoms with van der Waals surface area (Å²) in [5.41, 5.74) is 2.59. The van der Waals surface area contributed by atoms with E-state index in [4.69, 9.17) is 15.1 Å². The molecule has 3 aromatic rings. The first kappa shape index (κ1) is 21.2. The number of carbonyl (C=O) groups excluding carboxylic acids is 1. The summed E-state index contributed by atoms with van der Waals surface area (Å²) in [5.74, 6) is 5.72. The third-order valence-corrected chi connectivity index (χ3v) is 7.84. The number of ether oxygens (including phenoxy) is 1. The number of esters is 1. The molecule has 0 aliphatic carbocycles. The van der Waals surface area contributed by atoms with Crippen molar-refractivity contribution in [2.75, 3.05) is 19.0 Å². The van der Waals surface area contributed by atoms with Gasteiger partial charge in [0.1, 0.15) is 5.01 Å². The zero-order chi connectivity index (χ0) is 21.2. The number of anilines is 1. The maximum Gasteiger partial charge on any atom is 0.352 e. The van der Waals surface area contributed by atoms with Crippen molar-refractivity contribution in [3.63, 3.8) is 0 Å². The van der Waals surface area contributed by atoms with Gasteiger partial charge in [-0.1, -0.05) is 48.0 Å². The number of methoxy groups -OCH3 is 1. The molecular weight excluding hydrogens is 409 g/mol. The lowest BCUT2D eigenvalue weighted by Crippen LogP contribution is -2.35. The standard InChI is InChI=1S/C20H22N3O4PS/c1-13-10-11-16(14(2)12-13)28(25,27-4)23(21)18-17(20(24)26-3)29-19(22-18)15-8-6-5-7-9-15/h5-12H,21H2,1-4H3. The predicted molar refractivity (Wildman–Crippen MR) is 116 cm³/mol. The second kappa shape index (κ2) is 8.47. The summed E-state index contributed by atoms with van der Waals surface area (Å²) in [4.78, 5) is 17.0. The van der Waals surface area contributed by atoms with Gasteiger partial charge >= 0.3 is 13.5 Å². The smallest absolute Gasteiger partial charge is 0.352 e. The topological polar surface area (TPSA) is 94.8 Å². The van der Waals surface area contributed by atoms with Crippen LogP contribution in [0.25, 0.3) is 10.6 Å². The SMILES string of the molecule is COC(=O)c1sc(-c2ccccc2)nc1N(N)P(=O)(OC)c1ccc(C)cc1C. The van der Waals surface area contributed by atoms with Crippen molar-refractivity contribution in [2.24, 2.45) is 5.84 Å². The van der Waals surface area contributed by atoms with E-state index in [1.54, 1.807) is 6.07 Å². The van der Waals surface area contributed by atoms with Crippen LogP contribution in [-0.4, -0.2) is 25.2 Å². The fourth-order valence-corrected chi connectivity index (χ4v) is 5.77. The first-order valence-corrected chi connectivity index (χ1v) is 11.1. The molecule has 0 bridgehead atoms. The van der Waals surface area contributed by atoms with Gasteiger partial charge in [0, 0.05) is 12.7 Å². The van der Waals surface area contributed by atoms with E-state index in [2.05, 4.69) is 4.98 Å². The van der Waals surface area contributed by atoms with Crippen LogP contribution in [0.1, 0.15) is 20.8 Å². The molecule has 0 fully saturated rings. The summed E-state index contributed by atoms with van der Waals surface area (Å²) in [5, 5.41) is 0.998. The Kier molecular flexibility index (Phi) is 6.19. The second-order valence-electron chi connectivity index (χ2n) is 6.37. The van der Waals surface area contributed by atoms with Gasteiger partial charge in [0.25, 0.3) is 0 Å². The zero-order valence-corrected chi connectivity index (χ0v) is 18.3. The number of hydrazine groups is 1. The van der Waals surface area contributed by atoms with Crippen molar-refractivity contribution >= 4 is 35.9 Å². The molecule has 0 amide bonds. The van der Waals surface area contributed by atoms with E-state index in [9.17, 15) is 9.36 Å². The molecule has 2 aromatic carbocycles. The van der Waals surface area contributed by atoms with E-state index in [1.807, 2.05) is 56.3 Å². The summed E-state index contributed by atoms with van der Waals surface area (Å²) in [6.45, 7) is 3.77. The molecule has 0 aliphatic rings. The highest BCUT2D eigenvalue weighted by molar-refractivity contribution is 7.68. The van der Waals surface area contributed by atoms with Crippen molar-refractivity contribution in [3.05, 3.63) is 64.5 Å². The van der Waals surface area contributed by atoms with Gasteiger partial charge in [0.2, 0.25) is 0 Å². The number of aryl methyl sites for hydroxylation is 2. The van der Waals surface area contributed by atoms with Crippen molar-refractivity contribution < 1.29 is 18.6 Å². The minimum absolute atomic E-state index is 0.0471. The first-order chi connectivity index (χ1) is 13.8. The monoisotopic (exact) mass is 431 g/mol. The van der Waals surface area contributed by atoms with E-state index >= 15 is 0 Å². The van der Waals surface area contributed by atoms with Crippen LogP contribution in [0.4, 0.5) is 5.82 Å². The molecular formula is C20H22N3O4PS. The Hall–Kier alpha value is -2.51. The second-order valence-corrected chi connectivity index (χ2v) is 9.68. The highest BCUT2D eigenvalue weighted by atomic mass is 32.1. The zero-order valence-electron chi connectivity index (χ0n) is 16.6. The van der Waals surface area contributed by atoms with Crippen molar-refractivity contribution in [3.8, 4) is 10.6 Å². The van der Waals surface area contributed by atoms with E-state index in [0.29, 0.717) is 10.3 Å². The predicted octanol–water partition coefficient (Wildman–Crippen LogP) is 4.06. The molecule has 2 N–H and O–H groups in total. The molecule has 1 unspecified atom stereocenters. The van der Waals surface area contributed by atoms with E-state index in [1.165, 1.54) is 14.2 Å². The molecule has 0 saturated heterocycles. The largest absolute Gasteiger partial charge is 0.465 e. The highest BCUT2D eigenvalue weighted by Gasteiger charge is 2.37. The maximum atomic E-state index is 13.8.